The predicted molar refractivity (Wildman–Crippen MR) is 362 cm³/mol. The molecule has 486 valence electrons. The highest BCUT2D eigenvalue weighted by Crippen LogP contribution is 2.36. The summed E-state index contributed by atoms with van der Waals surface area (Å²) in [6, 6.07) is 38.5. The normalized spacial score (nSPS) is 11.3. The topological polar surface area (TPSA) is 157 Å². The Balaban J connectivity index is 0.968. The van der Waals surface area contributed by atoms with Gasteiger partial charge in [-0.25, -0.2) is 9.59 Å². The molecule has 0 aromatic heterocycles. The van der Waals surface area contributed by atoms with Gasteiger partial charge in [-0.2, -0.15) is 10.2 Å². The summed E-state index contributed by atoms with van der Waals surface area (Å²) in [5.41, 5.74) is 2.90. The molecule has 6 aromatic rings. The third kappa shape index (κ3) is 29.3. The van der Waals surface area contributed by atoms with Gasteiger partial charge < -0.3 is 37.9 Å². The number of nitrogens with zero attached hydrogens (tertiary/aromatic N) is 4. The molecular formula is C76H102N4O10. The molecule has 14 heteroatoms. The molecule has 14 nitrogen and oxygen atoms in total. The molecule has 6 aromatic carbocycles. The van der Waals surface area contributed by atoms with Gasteiger partial charge in [0.05, 0.1) is 63.1 Å². The molecule has 0 atom stereocenters. The minimum Gasteiger partial charge on any atom is -0.497 e. The monoisotopic (exact) mass is 1230 g/mol. The molecule has 0 spiro atoms. The molecule has 0 N–H and O–H groups in total. The first-order valence-electron chi connectivity index (χ1n) is 33.9. The van der Waals surface area contributed by atoms with Crippen LogP contribution in [0.4, 0.5) is 22.7 Å². The van der Waals surface area contributed by atoms with Gasteiger partial charge in [0.2, 0.25) is 0 Å². The van der Waals surface area contributed by atoms with Crippen molar-refractivity contribution < 1.29 is 47.5 Å². The van der Waals surface area contributed by atoms with Gasteiger partial charge in [-0.15, -0.1) is 10.2 Å². The van der Waals surface area contributed by atoms with Crippen molar-refractivity contribution in [3.8, 4) is 46.0 Å². The van der Waals surface area contributed by atoms with E-state index in [0.29, 0.717) is 94.4 Å². The van der Waals surface area contributed by atoms with Gasteiger partial charge in [-0.1, -0.05) is 181 Å². The van der Waals surface area contributed by atoms with Crippen LogP contribution >= 0.6 is 0 Å². The lowest BCUT2D eigenvalue weighted by atomic mass is 10.0. The Morgan fingerprint density at radius 1 is 0.289 bits per heavy atom. The molecule has 6 rings (SSSR count). The summed E-state index contributed by atoms with van der Waals surface area (Å²) < 4.78 is 47.0. The van der Waals surface area contributed by atoms with Crippen molar-refractivity contribution in [1.82, 2.24) is 0 Å². The minimum atomic E-state index is -0.518. The van der Waals surface area contributed by atoms with E-state index in [4.69, 9.17) is 37.9 Å². The fraction of sp³-hybridized carbons (Fsp3) is 0.500. The van der Waals surface area contributed by atoms with Crippen LogP contribution in [0.15, 0.2) is 154 Å². The largest absolute Gasteiger partial charge is 0.497 e. The zero-order valence-corrected chi connectivity index (χ0v) is 54.6. The number of unbranched alkanes of at least 4 members (excludes halogenated alkanes) is 27. The lowest BCUT2D eigenvalue weighted by molar-refractivity contribution is 0.0724. The van der Waals surface area contributed by atoms with Gasteiger partial charge in [-0.05, 0) is 147 Å². The third-order valence-electron chi connectivity index (χ3n) is 15.7. The summed E-state index contributed by atoms with van der Waals surface area (Å²) in [5.74, 6) is 3.13. The van der Waals surface area contributed by atoms with Gasteiger partial charge in [0.25, 0.3) is 0 Å². The number of azo groups is 2. The first-order valence-corrected chi connectivity index (χ1v) is 33.9. The fourth-order valence-corrected chi connectivity index (χ4v) is 10.3. The van der Waals surface area contributed by atoms with Crippen LogP contribution in [0.1, 0.15) is 227 Å². The van der Waals surface area contributed by atoms with E-state index in [0.717, 1.165) is 25.7 Å². The predicted octanol–water partition coefficient (Wildman–Crippen LogP) is 22.9. The molecule has 0 bridgehead atoms. The molecule has 0 saturated carbocycles. The van der Waals surface area contributed by atoms with Crippen LogP contribution in [0.3, 0.4) is 0 Å². The highest BCUT2D eigenvalue weighted by molar-refractivity contribution is 5.92. The Bertz CT molecular complexity index is 2750. The van der Waals surface area contributed by atoms with Gasteiger partial charge in [0, 0.05) is 12.1 Å². The summed E-state index contributed by atoms with van der Waals surface area (Å²) in [7, 11) is 3.21. The van der Waals surface area contributed by atoms with E-state index in [1.807, 2.05) is 24.3 Å². The molecule has 0 aliphatic rings. The second kappa shape index (κ2) is 44.7. The number of rotatable bonds is 49. The van der Waals surface area contributed by atoms with Crippen molar-refractivity contribution in [2.24, 2.45) is 20.5 Å². The lowest BCUT2D eigenvalue weighted by Crippen LogP contribution is -2.09. The summed E-state index contributed by atoms with van der Waals surface area (Å²) >= 11 is 0. The van der Waals surface area contributed by atoms with Crippen molar-refractivity contribution in [3.05, 3.63) is 145 Å². The summed E-state index contributed by atoms with van der Waals surface area (Å²) in [5, 5.41) is 17.9. The lowest BCUT2D eigenvalue weighted by Gasteiger charge is -2.13. The maximum absolute atomic E-state index is 13.4. The number of esters is 2. The average molecular weight is 1230 g/mol. The molecular weight excluding hydrogens is 1130 g/mol. The Kier molecular flexibility index (Phi) is 35.4. The van der Waals surface area contributed by atoms with Gasteiger partial charge in [-0.3, -0.25) is 0 Å². The van der Waals surface area contributed by atoms with Gasteiger partial charge >= 0.3 is 11.9 Å². The first kappa shape index (κ1) is 71.3. The van der Waals surface area contributed by atoms with E-state index in [9.17, 15) is 9.59 Å². The highest BCUT2D eigenvalue weighted by Gasteiger charge is 2.15. The molecule has 0 amide bonds. The highest BCUT2D eigenvalue weighted by atomic mass is 16.5. The number of benzene rings is 6. The van der Waals surface area contributed by atoms with Gasteiger partial charge in [0.1, 0.15) is 45.9 Å². The number of hydrogen-bond acceptors (Lipinski definition) is 14. The number of carbonyl (C=O) groups is 2. The average Bonchev–Trinajstić information content (AvgIpc) is 3.66. The SMILES string of the molecule is CCCCCCCCCCCCCCCCOc1ccc(C(=O)Oc2ccc(N=Nc3ccc(OC)cc3)c(OCCCCOc3cc(OC(=O)c4ccc(OCCCCCCCCCCCCCCCC)cc4)ccc3N=Nc3ccc(OC)cc3)c2)cc1. The minimum absolute atomic E-state index is 0.275. The van der Waals surface area contributed by atoms with E-state index < -0.39 is 11.9 Å². The molecule has 90 heavy (non-hydrogen) atoms. The van der Waals surface area contributed by atoms with E-state index in [2.05, 4.69) is 34.3 Å². The molecule has 0 radical (unpaired) electrons. The quantitative estimate of drug-likeness (QED) is 0.0156. The number of carbonyl (C=O) groups excluding carboxylic acids is 2. The van der Waals surface area contributed by atoms with E-state index in [-0.39, 0.29) is 24.7 Å². The molecule has 0 saturated heterocycles. The van der Waals surface area contributed by atoms with E-state index in [1.165, 1.54) is 154 Å². The third-order valence-corrected chi connectivity index (χ3v) is 15.7. The number of ether oxygens (including phenoxy) is 8. The summed E-state index contributed by atoms with van der Waals surface area (Å²) in [6.07, 6.45) is 37.8. The Hall–Kier alpha value is -7.74. The van der Waals surface area contributed by atoms with Gasteiger partial charge in [0.15, 0.2) is 11.5 Å². The molecule has 0 unspecified atom stereocenters. The Morgan fingerprint density at radius 3 is 0.867 bits per heavy atom. The molecule has 0 heterocycles. The van der Waals surface area contributed by atoms with Crippen LogP contribution in [0, 0.1) is 0 Å². The van der Waals surface area contributed by atoms with Crippen molar-refractivity contribution >= 4 is 34.7 Å². The Labute approximate surface area is 537 Å². The van der Waals surface area contributed by atoms with E-state index >= 15 is 0 Å². The second-order valence-corrected chi connectivity index (χ2v) is 23.2. The molecule has 0 fully saturated rings. The van der Waals surface area contributed by atoms with Crippen molar-refractivity contribution in [2.75, 3.05) is 40.6 Å². The summed E-state index contributed by atoms with van der Waals surface area (Å²) in [6.45, 7) is 6.37. The van der Waals surface area contributed by atoms with Crippen LogP contribution in [0.2, 0.25) is 0 Å². The number of methoxy groups -OCH3 is 2. The maximum atomic E-state index is 13.4. The van der Waals surface area contributed by atoms with Crippen molar-refractivity contribution in [3.63, 3.8) is 0 Å². The second-order valence-electron chi connectivity index (χ2n) is 23.2. The molecule has 0 aliphatic carbocycles. The number of hydrogen-bond donors (Lipinski definition) is 0. The van der Waals surface area contributed by atoms with Crippen molar-refractivity contribution in [2.45, 2.75) is 206 Å². The first-order chi connectivity index (χ1) is 44.3. The standard InChI is InChI=1S/C76H102N4O10/c1-5-7-9-11-13-15-17-19-21-23-25-27-29-31-55-85-67-43-35-61(36-44-67)75(81)89-69-51-53-71(79-77-63-39-47-65(83-3)48-40-63)73(59-69)87-57-33-34-58-88-74-60-70(52-54-72(74)80-78-64-41-49-66(84-4)50-42-64)90-76(82)62-37-45-68(46-38-62)86-56-32-30-28-26-24-22-20-18-16-14-12-10-8-6-2/h35-54,59-60H,5-34,55-58H2,1-4H3. The van der Waals surface area contributed by atoms with Crippen molar-refractivity contribution in [1.29, 1.82) is 0 Å². The van der Waals surface area contributed by atoms with Crippen LogP contribution in [0.25, 0.3) is 0 Å². The zero-order chi connectivity index (χ0) is 63.3. The van der Waals surface area contributed by atoms with Crippen LogP contribution in [0.5, 0.6) is 46.0 Å². The van der Waals surface area contributed by atoms with Crippen LogP contribution in [-0.2, 0) is 0 Å². The zero-order valence-electron chi connectivity index (χ0n) is 54.6. The summed E-state index contributed by atoms with van der Waals surface area (Å²) in [4.78, 5) is 26.9. The smallest absolute Gasteiger partial charge is 0.343 e. The van der Waals surface area contributed by atoms with Crippen LogP contribution < -0.4 is 37.9 Å². The molecule has 0 aliphatic heterocycles. The fourth-order valence-electron chi connectivity index (χ4n) is 10.3. The maximum Gasteiger partial charge on any atom is 0.343 e. The van der Waals surface area contributed by atoms with Crippen LogP contribution in [-0.4, -0.2) is 52.6 Å². The van der Waals surface area contributed by atoms with E-state index in [1.54, 1.807) is 123 Å². The Morgan fingerprint density at radius 2 is 0.556 bits per heavy atom.